The zero-order chi connectivity index (χ0) is 18.5. The van der Waals surface area contributed by atoms with Gasteiger partial charge >= 0.3 is 0 Å². The SMILES string of the molecule is CC(=O)N1CCN(c2cnc(C(=O)NCc3ccc(C)cc3)cn2)CC1. The van der Waals surface area contributed by atoms with Gasteiger partial charge in [-0.2, -0.15) is 0 Å². The minimum atomic E-state index is -0.244. The Labute approximate surface area is 153 Å². The van der Waals surface area contributed by atoms with Crippen LogP contribution < -0.4 is 10.2 Å². The lowest BCUT2D eigenvalue weighted by Gasteiger charge is -2.34. The molecule has 136 valence electrons. The lowest BCUT2D eigenvalue weighted by Crippen LogP contribution is -2.48. The van der Waals surface area contributed by atoms with Gasteiger partial charge in [-0.05, 0) is 12.5 Å². The summed E-state index contributed by atoms with van der Waals surface area (Å²) in [5.74, 6) is 0.575. The third kappa shape index (κ3) is 4.36. The zero-order valence-corrected chi connectivity index (χ0v) is 15.1. The summed E-state index contributed by atoms with van der Waals surface area (Å²) in [4.78, 5) is 36.1. The van der Waals surface area contributed by atoms with Crippen LogP contribution in [0.1, 0.15) is 28.5 Å². The minimum absolute atomic E-state index is 0.0938. The van der Waals surface area contributed by atoms with E-state index in [0.29, 0.717) is 38.4 Å². The number of carbonyl (C=O) groups is 2. The van der Waals surface area contributed by atoms with Gasteiger partial charge in [0.2, 0.25) is 5.91 Å². The van der Waals surface area contributed by atoms with E-state index in [1.807, 2.05) is 36.1 Å². The van der Waals surface area contributed by atoms with Crippen molar-refractivity contribution in [3.8, 4) is 0 Å². The molecule has 3 rings (SSSR count). The lowest BCUT2D eigenvalue weighted by molar-refractivity contribution is -0.129. The molecule has 2 amide bonds. The lowest BCUT2D eigenvalue weighted by atomic mass is 10.1. The molecule has 0 atom stereocenters. The van der Waals surface area contributed by atoms with E-state index >= 15 is 0 Å². The first kappa shape index (κ1) is 17.8. The summed E-state index contributed by atoms with van der Waals surface area (Å²) in [7, 11) is 0. The molecule has 1 saturated heterocycles. The number of carbonyl (C=O) groups excluding carboxylic acids is 2. The summed E-state index contributed by atoms with van der Waals surface area (Å²) < 4.78 is 0. The molecule has 1 aliphatic rings. The van der Waals surface area contributed by atoms with Crippen molar-refractivity contribution in [2.45, 2.75) is 20.4 Å². The topological polar surface area (TPSA) is 78.4 Å². The van der Waals surface area contributed by atoms with E-state index in [1.165, 1.54) is 11.8 Å². The van der Waals surface area contributed by atoms with Gasteiger partial charge in [0.25, 0.3) is 5.91 Å². The summed E-state index contributed by atoms with van der Waals surface area (Å²) in [5.41, 5.74) is 2.52. The van der Waals surface area contributed by atoms with Crippen LogP contribution in [0.4, 0.5) is 5.82 Å². The van der Waals surface area contributed by atoms with Gasteiger partial charge < -0.3 is 15.1 Å². The maximum Gasteiger partial charge on any atom is 0.271 e. The number of nitrogens with one attached hydrogen (secondary N) is 1. The number of piperazine rings is 1. The van der Waals surface area contributed by atoms with Crippen LogP contribution in [0, 0.1) is 6.92 Å². The van der Waals surface area contributed by atoms with Gasteiger partial charge in [0.15, 0.2) is 0 Å². The van der Waals surface area contributed by atoms with Crippen molar-refractivity contribution in [2.75, 3.05) is 31.1 Å². The summed E-state index contributed by atoms with van der Waals surface area (Å²) in [6.07, 6.45) is 3.11. The maximum atomic E-state index is 12.2. The van der Waals surface area contributed by atoms with E-state index in [-0.39, 0.29) is 11.8 Å². The van der Waals surface area contributed by atoms with Crippen LogP contribution in [-0.2, 0) is 11.3 Å². The molecule has 7 heteroatoms. The second-order valence-electron chi connectivity index (χ2n) is 6.42. The second kappa shape index (κ2) is 7.95. The fourth-order valence-electron chi connectivity index (χ4n) is 2.83. The van der Waals surface area contributed by atoms with Crippen LogP contribution >= 0.6 is 0 Å². The second-order valence-corrected chi connectivity index (χ2v) is 6.42. The Kier molecular flexibility index (Phi) is 5.46. The number of hydrogen-bond donors (Lipinski definition) is 1. The summed E-state index contributed by atoms with van der Waals surface area (Å²) >= 11 is 0. The summed E-state index contributed by atoms with van der Waals surface area (Å²) in [5, 5.41) is 2.85. The predicted octanol–water partition coefficient (Wildman–Crippen LogP) is 1.38. The monoisotopic (exact) mass is 353 g/mol. The van der Waals surface area contributed by atoms with E-state index in [9.17, 15) is 9.59 Å². The fraction of sp³-hybridized carbons (Fsp3) is 0.368. The van der Waals surface area contributed by atoms with Crippen molar-refractivity contribution >= 4 is 17.6 Å². The molecule has 0 unspecified atom stereocenters. The molecule has 0 radical (unpaired) electrons. The standard InChI is InChI=1S/C19H23N5O2/c1-14-3-5-16(6-4-14)11-22-19(26)17-12-21-18(13-20-17)24-9-7-23(8-10-24)15(2)25/h3-6,12-13H,7-11H2,1-2H3,(H,22,26). The van der Waals surface area contributed by atoms with Crippen molar-refractivity contribution in [1.82, 2.24) is 20.2 Å². The molecule has 0 spiro atoms. The molecule has 2 heterocycles. The Balaban J connectivity index is 1.54. The number of nitrogens with zero attached hydrogens (tertiary/aromatic N) is 4. The number of benzene rings is 1. The van der Waals surface area contributed by atoms with Crippen LogP contribution in [0.15, 0.2) is 36.7 Å². The zero-order valence-electron chi connectivity index (χ0n) is 15.1. The molecule has 1 aliphatic heterocycles. The van der Waals surface area contributed by atoms with Crippen LogP contribution in [-0.4, -0.2) is 52.9 Å². The van der Waals surface area contributed by atoms with Gasteiger partial charge in [-0.25, -0.2) is 9.97 Å². The fourth-order valence-corrected chi connectivity index (χ4v) is 2.83. The Morgan fingerprint density at radius 2 is 1.73 bits per heavy atom. The van der Waals surface area contributed by atoms with Crippen molar-refractivity contribution in [3.63, 3.8) is 0 Å². The molecule has 1 aromatic carbocycles. The first-order chi connectivity index (χ1) is 12.5. The van der Waals surface area contributed by atoms with Crippen molar-refractivity contribution in [3.05, 3.63) is 53.5 Å². The minimum Gasteiger partial charge on any atom is -0.352 e. The van der Waals surface area contributed by atoms with Gasteiger partial charge in [0.05, 0.1) is 12.4 Å². The number of rotatable bonds is 4. The highest BCUT2D eigenvalue weighted by atomic mass is 16.2. The summed E-state index contributed by atoms with van der Waals surface area (Å²) in [6, 6.07) is 8.01. The molecular weight excluding hydrogens is 330 g/mol. The number of aryl methyl sites for hydroxylation is 1. The van der Waals surface area contributed by atoms with E-state index < -0.39 is 0 Å². The first-order valence-electron chi connectivity index (χ1n) is 8.69. The molecule has 1 N–H and O–H groups in total. The predicted molar refractivity (Wildman–Crippen MR) is 98.8 cm³/mol. The molecule has 7 nitrogen and oxygen atoms in total. The largest absolute Gasteiger partial charge is 0.352 e. The van der Waals surface area contributed by atoms with Gasteiger partial charge in [0, 0.05) is 39.6 Å². The van der Waals surface area contributed by atoms with Gasteiger partial charge in [0.1, 0.15) is 11.5 Å². The first-order valence-corrected chi connectivity index (χ1v) is 8.69. The third-order valence-corrected chi connectivity index (χ3v) is 4.49. The highest BCUT2D eigenvalue weighted by Crippen LogP contribution is 2.12. The van der Waals surface area contributed by atoms with E-state index in [1.54, 1.807) is 13.1 Å². The number of hydrogen-bond acceptors (Lipinski definition) is 5. The van der Waals surface area contributed by atoms with Crippen LogP contribution in [0.5, 0.6) is 0 Å². The summed E-state index contributed by atoms with van der Waals surface area (Å²) in [6.45, 7) is 6.85. The Morgan fingerprint density at radius 3 is 2.31 bits per heavy atom. The Morgan fingerprint density at radius 1 is 1.04 bits per heavy atom. The highest BCUT2D eigenvalue weighted by molar-refractivity contribution is 5.91. The van der Waals surface area contributed by atoms with E-state index in [4.69, 9.17) is 0 Å². The Bertz CT molecular complexity index is 766. The molecule has 26 heavy (non-hydrogen) atoms. The molecule has 0 bridgehead atoms. The van der Waals surface area contributed by atoms with Crippen molar-refractivity contribution < 1.29 is 9.59 Å². The highest BCUT2D eigenvalue weighted by Gasteiger charge is 2.20. The Hall–Kier alpha value is -2.96. The normalized spacial score (nSPS) is 14.2. The average molecular weight is 353 g/mol. The van der Waals surface area contributed by atoms with Gasteiger partial charge in [-0.1, -0.05) is 29.8 Å². The molecule has 1 fully saturated rings. The number of aromatic nitrogens is 2. The van der Waals surface area contributed by atoms with E-state index in [2.05, 4.69) is 20.2 Å². The van der Waals surface area contributed by atoms with E-state index in [0.717, 1.165) is 11.4 Å². The molecular formula is C19H23N5O2. The average Bonchev–Trinajstić information content (AvgIpc) is 2.67. The van der Waals surface area contributed by atoms with Crippen molar-refractivity contribution in [1.29, 1.82) is 0 Å². The number of amides is 2. The molecule has 2 aromatic rings. The molecule has 0 saturated carbocycles. The molecule has 1 aromatic heterocycles. The maximum absolute atomic E-state index is 12.2. The van der Waals surface area contributed by atoms with Gasteiger partial charge in [-0.15, -0.1) is 0 Å². The third-order valence-electron chi connectivity index (χ3n) is 4.49. The van der Waals surface area contributed by atoms with Crippen molar-refractivity contribution in [2.24, 2.45) is 0 Å². The molecule has 0 aliphatic carbocycles. The smallest absolute Gasteiger partial charge is 0.271 e. The van der Waals surface area contributed by atoms with Crippen LogP contribution in [0.2, 0.25) is 0 Å². The number of anilines is 1. The van der Waals surface area contributed by atoms with Gasteiger partial charge in [-0.3, -0.25) is 9.59 Å². The van der Waals surface area contributed by atoms with Crippen LogP contribution in [0.3, 0.4) is 0 Å². The quantitative estimate of drug-likeness (QED) is 0.898. The van der Waals surface area contributed by atoms with Crippen LogP contribution in [0.25, 0.3) is 0 Å².